The molecule has 1 amide bonds. The second-order valence-electron chi connectivity index (χ2n) is 3.14. The van der Waals surface area contributed by atoms with E-state index >= 15 is 0 Å². The fourth-order valence-electron chi connectivity index (χ4n) is 1.12. The summed E-state index contributed by atoms with van der Waals surface area (Å²) in [6.07, 6.45) is 0. The van der Waals surface area contributed by atoms with Crippen LogP contribution in [0.4, 0.5) is 0 Å². The first kappa shape index (κ1) is 8.89. The molecular formula is C8H10N4O2. The van der Waals surface area contributed by atoms with Crippen LogP contribution < -0.4 is 16.2 Å². The third-order valence-corrected chi connectivity index (χ3v) is 2.03. The van der Waals surface area contributed by atoms with Gasteiger partial charge in [0.15, 0.2) is 0 Å². The molecule has 1 aromatic heterocycles. The first-order chi connectivity index (χ1) is 6.75. The van der Waals surface area contributed by atoms with E-state index in [-0.39, 0.29) is 23.2 Å². The molecule has 0 bridgehead atoms. The number of hydrogen-bond acceptors (Lipinski definition) is 4. The minimum Gasteiger partial charge on any atom is -0.345 e. The molecule has 6 heteroatoms. The number of carbonyl (C=O) groups is 1. The quantitative estimate of drug-likeness (QED) is 0.533. The van der Waals surface area contributed by atoms with Crippen LogP contribution in [-0.2, 0) is 0 Å². The largest absolute Gasteiger partial charge is 0.345 e. The second kappa shape index (κ2) is 3.59. The lowest BCUT2D eigenvalue weighted by Crippen LogP contribution is -2.57. The Balaban J connectivity index is 2.03. The Morgan fingerprint density at radius 3 is 2.79 bits per heavy atom. The van der Waals surface area contributed by atoms with Crippen LogP contribution in [-0.4, -0.2) is 35.2 Å². The Morgan fingerprint density at radius 1 is 1.50 bits per heavy atom. The molecule has 1 aromatic rings. The van der Waals surface area contributed by atoms with Crippen molar-refractivity contribution in [1.29, 1.82) is 0 Å². The number of aromatic nitrogens is 2. The molecule has 6 nitrogen and oxygen atoms in total. The number of carbonyl (C=O) groups excluding carboxylic acids is 1. The minimum absolute atomic E-state index is 0.177. The highest BCUT2D eigenvalue weighted by Gasteiger charge is 2.19. The van der Waals surface area contributed by atoms with Crippen molar-refractivity contribution >= 4 is 5.91 Å². The Kier molecular flexibility index (Phi) is 2.28. The Morgan fingerprint density at radius 2 is 2.29 bits per heavy atom. The van der Waals surface area contributed by atoms with E-state index in [1.165, 1.54) is 12.1 Å². The van der Waals surface area contributed by atoms with Gasteiger partial charge in [-0.3, -0.25) is 9.59 Å². The number of aromatic amines is 1. The summed E-state index contributed by atoms with van der Waals surface area (Å²) in [5.74, 6) is -0.257. The molecule has 0 aromatic carbocycles. The molecule has 74 valence electrons. The Labute approximate surface area is 79.7 Å². The SMILES string of the molecule is O=C(NC1CNC1)c1ccc(=O)[nH]n1. The Hall–Kier alpha value is -1.69. The van der Waals surface area contributed by atoms with Gasteiger partial charge in [0, 0.05) is 19.2 Å². The molecule has 1 aliphatic heterocycles. The van der Waals surface area contributed by atoms with E-state index in [0.717, 1.165) is 13.1 Å². The van der Waals surface area contributed by atoms with Gasteiger partial charge in [0.1, 0.15) is 5.69 Å². The summed E-state index contributed by atoms with van der Waals surface area (Å²) < 4.78 is 0. The van der Waals surface area contributed by atoms with Crippen LogP contribution in [0.15, 0.2) is 16.9 Å². The molecule has 14 heavy (non-hydrogen) atoms. The highest BCUT2D eigenvalue weighted by Crippen LogP contribution is 1.94. The molecular weight excluding hydrogens is 184 g/mol. The van der Waals surface area contributed by atoms with Gasteiger partial charge in [-0.2, -0.15) is 5.10 Å². The van der Waals surface area contributed by atoms with Gasteiger partial charge in [0.2, 0.25) is 0 Å². The summed E-state index contributed by atoms with van der Waals surface area (Å²) in [6.45, 7) is 1.57. The average Bonchev–Trinajstić information content (AvgIpc) is 2.12. The summed E-state index contributed by atoms with van der Waals surface area (Å²) >= 11 is 0. The van der Waals surface area contributed by atoms with E-state index in [0.29, 0.717) is 0 Å². The standard InChI is InChI=1S/C8H10N4O2/c13-7-2-1-6(11-12-7)8(14)10-5-3-9-4-5/h1-2,5,9H,3-4H2,(H,10,14)(H,12,13). The molecule has 1 saturated heterocycles. The second-order valence-corrected chi connectivity index (χ2v) is 3.14. The molecule has 0 saturated carbocycles. The van der Waals surface area contributed by atoms with Gasteiger partial charge < -0.3 is 10.6 Å². The van der Waals surface area contributed by atoms with Gasteiger partial charge in [-0.05, 0) is 6.07 Å². The smallest absolute Gasteiger partial charge is 0.272 e. The molecule has 0 spiro atoms. The fraction of sp³-hybridized carbons (Fsp3) is 0.375. The minimum atomic E-state index is -0.313. The zero-order valence-electron chi connectivity index (χ0n) is 7.41. The molecule has 2 heterocycles. The van der Waals surface area contributed by atoms with Gasteiger partial charge in [-0.1, -0.05) is 0 Å². The molecule has 0 atom stereocenters. The summed E-state index contributed by atoms with van der Waals surface area (Å²) in [5.41, 5.74) is -0.0802. The monoisotopic (exact) mass is 194 g/mol. The van der Waals surface area contributed by atoms with Crippen LogP contribution in [0.3, 0.4) is 0 Å². The van der Waals surface area contributed by atoms with Crippen molar-refractivity contribution in [3.05, 3.63) is 28.2 Å². The maximum atomic E-state index is 11.4. The Bertz CT molecular complexity index is 376. The summed E-state index contributed by atoms with van der Waals surface area (Å²) in [6, 6.07) is 2.86. The fourth-order valence-corrected chi connectivity index (χ4v) is 1.12. The van der Waals surface area contributed by atoms with Crippen molar-refractivity contribution in [2.75, 3.05) is 13.1 Å². The first-order valence-corrected chi connectivity index (χ1v) is 4.33. The summed E-state index contributed by atoms with van der Waals surface area (Å²) in [7, 11) is 0. The molecule has 3 N–H and O–H groups in total. The van der Waals surface area contributed by atoms with Gasteiger partial charge in [0.05, 0.1) is 6.04 Å². The zero-order valence-corrected chi connectivity index (χ0v) is 7.41. The molecule has 0 aliphatic carbocycles. The topological polar surface area (TPSA) is 86.9 Å². The van der Waals surface area contributed by atoms with E-state index in [1.807, 2.05) is 0 Å². The third kappa shape index (κ3) is 1.80. The maximum Gasteiger partial charge on any atom is 0.272 e. The van der Waals surface area contributed by atoms with Crippen LogP contribution in [0.25, 0.3) is 0 Å². The normalized spacial score (nSPS) is 16.0. The van der Waals surface area contributed by atoms with Gasteiger partial charge in [-0.25, -0.2) is 5.10 Å². The molecule has 2 rings (SSSR count). The van der Waals surface area contributed by atoms with Crippen LogP contribution in [0.5, 0.6) is 0 Å². The van der Waals surface area contributed by atoms with E-state index < -0.39 is 0 Å². The lowest BCUT2D eigenvalue weighted by Gasteiger charge is -2.27. The van der Waals surface area contributed by atoms with Crippen molar-refractivity contribution < 1.29 is 4.79 Å². The summed E-state index contributed by atoms with van der Waals surface area (Å²) in [4.78, 5) is 22.1. The van der Waals surface area contributed by atoms with Crippen molar-refractivity contribution in [3.8, 4) is 0 Å². The van der Waals surface area contributed by atoms with E-state index in [9.17, 15) is 9.59 Å². The predicted molar refractivity (Wildman–Crippen MR) is 49.0 cm³/mol. The predicted octanol–water partition coefficient (Wildman–Crippen LogP) is -1.53. The number of hydrogen-bond donors (Lipinski definition) is 3. The highest BCUT2D eigenvalue weighted by molar-refractivity contribution is 5.92. The van der Waals surface area contributed by atoms with Crippen LogP contribution in [0.2, 0.25) is 0 Å². The number of rotatable bonds is 2. The van der Waals surface area contributed by atoms with Crippen LogP contribution in [0.1, 0.15) is 10.5 Å². The van der Waals surface area contributed by atoms with Gasteiger partial charge >= 0.3 is 0 Å². The molecule has 1 fully saturated rings. The van der Waals surface area contributed by atoms with Crippen molar-refractivity contribution in [1.82, 2.24) is 20.8 Å². The highest BCUT2D eigenvalue weighted by atomic mass is 16.2. The first-order valence-electron chi connectivity index (χ1n) is 4.33. The average molecular weight is 194 g/mol. The number of H-pyrrole nitrogens is 1. The van der Waals surface area contributed by atoms with Gasteiger partial charge in [0.25, 0.3) is 11.5 Å². The number of nitrogens with zero attached hydrogens (tertiary/aromatic N) is 1. The maximum absolute atomic E-state index is 11.4. The zero-order chi connectivity index (χ0) is 9.97. The summed E-state index contributed by atoms with van der Waals surface area (Å²) in [5, 5.41) is 11.6. The third-order valence-electron chi connectivity index (χ3n) is 2.03. The lowest BCUT2D eigenvalue weighted by molar-refractivity contribution is 0.0917. The molecule has 1 aliphatic rings. The van der Waals surface area contributed by atoms with Crippen LogP contribution in [0, 0.1) is 0 Å². The molecule has 0 radical (unpaired) electrons. The number of nitrogens with one attached hydrogen (secondary N) is 3. The van der Waals surface area contributed by atoms with E-state index in [1.54, 1.807) is 0 Å². The van der Waals surface area contributed by atoms with Crippen molar-refractivity contribution in [3.63, 3.8) is 0 Å². The van der Waals surface area contributed by atoms with Crippen molar-refractivity contribution in [2.24, 2.45) is 0 Å². The van der Waals surface area contributed by atoms with E-state index in [2.05, 4.69) is 20.8 Å². The van der Waals surface area contributed by atoms with Gasteiger partial charge in [-0.15, -0.1) is 0 Å². The van der Waals surface area contributed by atoms with Crippen LogP contribution >= 0.6 is 0 Å². The van der Waals surface area contributed by atoms with Crippen molar-refractivity contribution in [2.45, 2.75) is 6.04 Å². The molecule has 0 unspecified atom stereocenters. The number of amides is 1. The lowest BCUT2D eigenvalue weighted by atomic mass is 10.2. The van der Waals surface area contributed by atoms with E-state index in [4.69, 9.17) is 0 Å².